The van der Waals surface area contributed by atoms with Gasteiger partial charge in [0.15, 0.2) is 5.17 Å². The van der Waals surface area contributed by atoms with Crippen molar-refractivity contribution in [1.29, 1.82) is 0 Å². The van der Waals surface area contributed by atoms with Gasteiger partial charge in [0.05, 0.1) is 31.8 Å². The minimum atomic E-state index is -0.234. The number of amides is 2. The summed E-state index contributed by atoms with van der Waals surface area (Å²) < 4.78 is 10.7. The fraction of sp³-hybridized carbons (Fsp3) is 0.346. The van der Waals surface area contributed by atoms with Gasteiger partial charge in [-0.2, -0.15) is 0 Å². The maximum Gasteiger partial charge on any atom is 0.283 e. The van der Waals surface area contributed by atoms with Crippen LogP contribution in [0, 0.1) is 0 Å². The molecule has 0 N–H and O–H groups in total. The summed E-state index contributed by atoms with van der Waals surface area (Å²) in [6.45, 7) is 6.56. The van der Waals surface area contributed by atoms with Crippen LogP contribution in [0.5, 0.6) is 5.75 Å². The van der Waals surface area contributed by atoms with Crippen LogP contribution in [0.25, 0.3) is 6.08 Å². The fourth-order valence-corrected chi connectivity index (χ4v) is 4.65. The minimum absolute atomic E-state index is 0.00995. The average molecular weight is 480 g/mol. The Hall–Kier alpha value is -3.10. The lowest BCUT2D eigenvalue weighted by Gasteiger charge is -2.27. The first-order chi connectivity index (χ1) is 16.5. The van der Waals surface area contributed by atoms with E-state index in [0.29, 0.717) is 54.5 Å². The molecule has 2 aromatic rings. The van der Waals surface area contributed by atoms with E-state index in [9.17, 15) is 9.59 Å². The lowest BCUT2D eigenvalue weighted by Crippen LogP contribution is -2.42. The molecule has 8 heteroatoms. The molecular formula is C26H29N3O4S. The molecule has 0 bridgehead atoms. The minimum Gasteiger partial charge on any atom is -0.497 e. The van der Waals surface area contributed by atoms with Gasteiger partial charge in [-0.25, -0.2) is 4.99 Å². The number of benzene rings is 2. The first-order valence-corrected chi connectivity index (χ1v) is 12.3. The third-order valence-electron chi connectivity index (χ3n) is 5.74. The summed E-state index contributed by atoms with van der Waals surface area (Å²) in [7, 11) is 1.59. The van der Waals surface area contributed by atoms with Crippen molar-refractivity contribution in [3.05, 3.63) is 65.4 Å². The van der Waals surface area contributed by atoms with Gasteiger partial charge in [0.1, 0.15) is 11.4 Å². The molecule has 0 unspecified atom stereocenters. The molecule has 2 amide bonds. The van der Waals surface area contributed by atoms with E-state index in [1.807, 2.05) is 30.3 Å². The van der Waals surface area contributed by atoms with Crippen LogP contribution in [0.1, 0.15) is 30.9 Å². The summed E-state index contributed by atoms with van der Waals surface area (Å²) >= 11 is 1.27. The number of carbonyl (C=O) groups is 2. The first-order valence-electron chi connectivity index (χ1n) is 11.3. The van der Waals surface area contributed by atoms with Gasteiger partial charge in [0, 0.05) is 19.2 Å². The third kappa shape index (κ3) is 5.51. The number of amidine groups is 1. The number of carbonyl (C=O) groups excluding carboxylic acids is 2. The highest BCUT2D eigenvalue weighted by Crippen LogP contribution is 2.31. The van der Waals surface area contributed by atoms with Crippen LogP contribution < -0.4 is 9.64 Å². The SMILES string of the molecule is COc1cccc(N2C(=O)/C(=C\c3ccc(C(C)C)cc3)N=C2SCC(=O)N2CCOCC2)c1. The monoisotopic (exact) mass is 479 g/mol. The van der Waals surface area contributed by atoms with Crippen LogP contribution in [0.4, 0.5) is 5.69 Å². The maximum absolute atomic E-state index is 13.4. The summed E-state index contributed by atoms with van der Waals surface area (Å²) in [5, 5.41) is 0.477. The van der Waals surface area contributed by atoms with Gasteiger partial charge in [-0.15, -0.1) is 0 Å². The number of thioether (sulfide) groups is 1. The molecule has 0 spiro atoms. The van der Waals surface area contributed by atoms with Crippen molar-refractivity contribution in [3.63, 3.8) is 0 Å². The van der Waals surface area contributed by atoms with E-state index in [1.54, 1.807) is 29.1 Å². The lowest BCUT2D eigenvalue weighted by atomic mass is 10.0. The molecule has 178 valence electrons. The summed E-state index contributed by atoms with van der Waals surface area (Å²) in [5.41, 5.74) is 3.12. The molecule has 0 aromatic heterocycles. The molecule has 2 aliphatic rings. The average Bonchev–Trinajstić information content (AvgIpc) is 3.18. The van der Waals surface area contributed by atoms with Crippen molar-refractivity contribution < 1.29 is 19.1 Å². The smallest absolute Gasteiger partial charge is 0.283 e. The Morgan fingerprint density at radius 2 is 1.91 bits per heavy atom. The predicted octanol–water partition coefficient (Wildman–Crippen LogP) is 4.15. The summed E-state index contributed by atoms with van der Waals surface area (Å²) in [6, 6.07) is 15.4. The maximum atomic E-state index is 13.4. The van der Waals surface area contributed by atoms with E-state index in [1.165, 1.54) is 17.3 Å². The normalized spacial score (nSPS) is 17.5. The number of hydrogen-bond acceptors (Lipinski definition) is 6. The zero-order valence-corrected chi connectivity index (χ0v) is 20.5. The Morgan fingerprint density at radius 1 is 1.18 bits per heavy atom. The second kappa shape index (κ2) is 10.9. The quantitative estimate of drug-likeness (QED) is 0.582. The van der Waals surface area contributed by atoms with Crippen molar-refractivity contribution in [1.82, 2.24) is 4.90 Å². The van der Waals surface area contributed by atoms with Gasteiger partial charge in [-0.1, -0.05) is 55.9 Å². The molecule has 1 fully saturated rings. The topological polar surface area (TPSA) is 71.4 Å². The number of hydrogen-bond donors (Lipinski definition) is 0. The van der Waals surface area contributed by atoms with Crippen LogP contribution in [-0.4, -0.2) is 61.0 Å². The van der Waals surface area contributed by atoms with Crippen molar-refractivity contribution >= 4 is 40.5 Å². The number of rotatable bonds is 6. The summed E-state index contributed by atoms with van der Waals surface area (Å²) in [4.78, 5) is 34.1. The molecule has 2 aromatic carbocycles. The standard InChI is InChI=1S/C26H29N3O4S/c1-18(2)20-9-7-19(8-10-20)15-23-25(31)29(21-5-4-6-22(16-21)32-3)26(27-23)34-17-24(30)28-11-13-33-14-12-28/h4-10,15-16,18H,11-14,17H2,1-3H3/b23-15+. The number of anilines is 1. The Kier molecular flexibility index (Phi) is 7.70. The van der Waals surface area contributed by atoms with Crippen molar-refractivity contribution in [2.24, 2.45) is 4.99 Å². The van der Waals surface area contributed by atoms with Crippen LogP contribution >= 0.6 is 11.8 Å². The van der Waals surface area contributed by atoms with Gasteiger partial charge in [0.25, 0.3) is 5.91 Å². The Bertz CT molecular complexity index is 1110. The third-order valence-corrected chi connectivity index (χ3v) is 6.66. The van der Waals surface area contributed by atoms with E-state index in [0.717, 1.165) is 5.56 Å². The lowest BCUT2D eigenvalue weighted by molar-refractivity contribution is -0.132. The van der Waals surface area contributed by atoms with Crippen LogP contribution in [0.2, 0.25) is 0 Å². The molecular weight excluding hydrogens is 450 g/mol. The molecule has 0 saturated carbocycles. The fourth-order valence-electron chi connectivity index (χ4n) is 3.74. The molecule has 0 atom stereocenters. The number of nitrogens with zero attached hydrogens (tertiary/aromatic N) is 3. The molecule has 2 heterocycles. The molecule has 0 radical (unpaired) electrons. The number of ether oxygens (including phenoxy) is 2. The van der Waals surface area contributed by atoms with Gasteiger partial charge in [-0.05, 0) is 35.3 Å². The van der Waals surface area contributed by atoms with Gasteiger partial charge >= 0.3 is 0 Å². The molecule has 34 heavy (non-hydrogen) atoms. The Labute approximate surface area is 204 Å². The highest BCUT2D eigenvalue weighted by atomic mass is 32.2. The number of aliphatic imine (C=N–C) groups is 1. The highest BCUT2D eigenvalue weighted by molar-refractivity contribution is 8.14. The van der Waals surface area contributed by atoms with E-state index in [4.69, 9.17) is 9.47 Å². The molecule has 7 nitrogen and oxygen atoms in total. The zero-order chi connectivity index (χ0) is 24.1. The number of methoxy groups -OCH3 is 1. The van der Waals surface area contributed by atoms with Gasteiger partial charge in [-0.3, -0.25) is 14.5 Å². The van der Waals surface area contributed by atoms with Crippen molar-refractivity contribution in [2.45, 2.75) is 19.8 Å². The highest BCUT2D eigenvalue weighted by Gasteiger charge is 2.33. The first kappa shape index (κ1) is 24.0. The van der Waals surface area contributed by atoms with Gasteiger partial charge < -0.3 is 14.4 Å². The summed E-state index contributed by atoms with van der Waals surface area (Å²) in [5.74, 6) is 1.05. The molecule has 2 aliphatic heterocycles. The largest absolute Gasteiger partial charge is 0.497 e. The Balaban J connectivity index is 1.60. The second-order valence-electron chi connectivity index (χ2n) is 8.37. The van der Waals surface area contributed by atoms with E-state index in [-0.39, 0.29) is 17.6 Å². The number of morpholine rings is 1. The Morgan fingerprint density at radius 3 is 2.59 bits per heavy atom. The molecule has 1 saturated heterocycles. The van der Waals surface area contributed by atoms with Crippen LogP contribution in [0.15, 0.2) is 59.2 Å². The van der Waals surface area contributed by atoms with Crippen LogP contribution in [0.3, 0.4) is 0 Å². The van der Waals surface area contributed by atoms with Gasteiger partial charge in [0.2, 0.25) is 5.91 Å². The molecule has 0 aliphatic carbocycles. The van der Waals surface area contributed by atoms with E-state index >= 15 is 0 Å². The second-order valence-corrected chi connectivity index (χ2v) is 9.31. The van der Waals surface area contributed by atoms with Crippen molar-refractivity contribution in [2.75, 3.05) is 44.1 Å². The van der Waals surface area contributed by atoms with Crippen molar-refractivity contribution in [3.8, 4) is 5.75 Å². The van der Waals surface area contributed by atoms with Crippen LogP contribution in [-0.2, 0) is 14.3 Å². The predicted molar refractivity (Wildman–Crippen MR) is 136 cm³/mol. The summed E-state index contributed by atoms with van der Waals surface area (Å²) in [6.07, 6.45) is 1.79. The zero-order valence-electron chi connectivity index (χ0n) is 19.7. The van der Waals surface area contributed by atoms with E-state index in [2.05, 4.69) is 31.0 Å². The molecule has 4 rings (SSSR count). The van der Waals surface area contributed by atoms with E-state index < -0.39 is 0 Å².